The van der Waals surface area contributed by atoms with Crippen LogP contribution in [0.2, 0.25) is 0 Å². The average Bonchev–Trinajstić information content (AvgIpc) is 2.52. The Morgan fingerprint density at radius 1 is 0.783 bits per heavy atom. The number of likely N-dealkylation sites (N-methyl/N-ethyl adjacent to an activating group) is 1. The van der Waals surface area contributed by atoms with E-state index in [1.165, 1.54) is 7.05 Å². The smallest absolute Gasteiger partial charge is 0.404 e. The maximum atomic E-state index is 11.4. The zero-order valence-electron chi connectivity index (χ0n) is 13.9. The summed E-state index contributed by atoms with van der Waals surface area (Å²) >= 11 is 0. The molecule has 0 aromatic heterocycles. The topological polar surface area (TPSA) is 117 Å². The Bertz CT molecular complexity index is 350. The number of rotatable bonds is 14. The lowest BCUT2D eigenvalue weighted by atomic mass is 10.1. The number of carboxylic acid groups (broad SMARTS) is 1. The fourth-order valence-electron chi connectivity index (χ4n) is 1.92. The minimum Gasteiger partial charge on any atom is -0.465 e. The van der Waals surface area contributed by atoms with E-state index in [-0.39, 0.29) is 25.0 Å². The summed E-state index contributed by atoms with van der Waals surface area (Å²) in [4.78, 5) is 32.5. The minimum absolute atomic E-state index is 0.0994. The first-order chi connectivity index (χ1) is 11.1. The molecule has 0 aromatic rings. The van der Waals surface area contributed by atoms with Gasteiger partial charge in [0.05, 0.1) is 0 Å². The van der Waals surface area contributed by atoms with Crippen molar-refractivity contribution in [1.82, 2.24) is 16.0 Å². The molecule has 0 fully saturated rings. The molecule has 8 nitrogen and oxygen atoms in total. The molecule has 0 saturated heterocycles. The van der Waals surface area contributed by atoms with Crippen molar-refractivity contribution >= 4 is 17.9 Å². The third kappa shape index (κ3) is 16.4. The summed E-state index contributed by atoms with van der Waals surface area (Å²) in [5, 5.41) is 15.9. The van der Waals surface area contributed by atoms with Crippen LogP contribution >= 0.6 is 0 Å². The van der Waals surface area contributed by atoms with Gasteiger partial charge in [-0.25, -0.2) is 4.79 Å². The molecule has 8 heteroatoms. The third-order valence-corrected chi connectivity index (χ3v) is 3.20. The Kier molecular flexibility index (Phi) is 13.9. The van der Waals surface area contributed by atoms with Crippen LogP contribution in [-0.2, 0) is 14.3 Å². The molecule has 23 heavy (non-hydrogen) atoms. The van der Waals surface area contributed by atoms with Crippen LogP contribution in [-0.4, -0.2) is 56.4 Å². The van der Waals surface area contributed by atoms with Gasteiger partial charge in [0.15, 0.2) is 0 Å². The molecule has 0 aromatic carbocycles. The molecule has 0 radical (unpaired) electrons. The first-order valence-electron chi connectivity index (χ1n) is 8.08. The van der Waals surface area contributed by atoms with Gasteiger partial charge in [0.1, 0.15) is 13.2 Å². The standard InChI is InChI=1S/C15H29N3O5/c1-16-13(19)11-23-12-14(20)17-9-7-5-3-2-4-6-8-10-18-15(21)22/h18H,2-12H2,1H3,(H,16,19)(H,17,20)(H,21,22). The van der Waals surface area contributed by atoms with E-state index in [1.54, 1.807) is 0 Å². The maximum absolute atomic E-state index is 11.4. The van der Waals surface area contributed by atoms with Crippen LogP contribution < -0.4 is 16.0 Å². The minimum atomic E-state index is -0.967. The summed E-state index contributed by atoms with van der Waals surface area (Å²) in [6.45, 7) is 0.928. The lowest BCUT2D eigenvalue weighted by Gasteiger charge is -2.06. The molecule has 0 spiro atoms. The van der Waals surface area contributed by atoms with Crippen LogP contribution in [0, 0.1) is 0 Å². The molecular weight excluding hydrogens is 302 g/mol. The average molecular weight is 331 g/mol. The Morgan fingerprint density at radius 3 is 1.78 bits per heavy atom. The van der Waals surface area contributed by atoms with Crippen molar-refractivity contribution in [1.29, 1.82) is 0 Å². The number of unbranched alkanes of at least 4 members (excludes halogenated alkanes) is 6. The molecule has 0 saturated carbocycles. The Labute approximate surface area is 137 Å². The number of hydrogen-bond acceptors (Lipinski definition) is 4. The highest BCUT2D eigenvalue weighted by Gasteiger charge is 2.03. The molecule has 0 bridgehead atoms. The monoisotopic (exact) mass is 331 g/mol. The number of amides is 3. The van der Waals surface area contributed by atoms with Gasteiger partial charge in [-0.1, -0.05) is 32.1 Å². The second kappa shape index (κ2) is 15.1. The van der Waals surface area contributed by atoms with Crippen LogP contribution in [0.3, 0.4) is 0 Å². The third-order valence-electron chi connectivity index (χ3n) is 3.20. The SMILES string of the molecule is CNC(=O)COCC(=O)NCCCCCCCCCNC(=O)O. The largest absolute Gasteiger partial charge is 0.465 e. The molecule has 4 N–H and O–H groups in total. The predicted octanol–water partition coefficient (Wildman–Crippen LogP) is 0.864. The van der Waals surface area contributed by atoms with Crippen molar-refractivity contribution in [2.45, 2.75) is 44.9 Å². The van der Waals surface area contributed by atoms with E-state index in [1.807, 2.05) is 0 Å². The van der Waals surface area contributed by atoms with E-state index in [9.17, 15) is 14.4 Å². The molecule has 0 heterocycles. The lowest BCUT2D eigenvalue weighted by Crippen LogP contribution is -2.31. The highest BCUT2D eigenvalue weighted by Crippen LogP contribution is 2.06. The van der Waals surface area contributed by atoms with E-state index >= 15 is 0 Å². The second-order valence-corrected chi connectivity index (χ2v) is 5.22. The van der Waals surface area contributed by atoms with E-state index in [4.69, 9.17) is 9.84 Å². The Hall–Kier alpha value is -1.83. The maximum Gasteiger partial charge on any atom is 0.404 e. The quantitative estimate of drug-likeness (QED) is 0.352. The molecule has 0 aliphatic carbocycles. The Balaban J connectivity index is 3.22. The first kappa shape index (κ1) is 21.2. The van der Waals surface area contributed by atoms with Crippen LogP contribution in [0.15, 0.2) is 0 Å². The summed E-state index contributed by atoms with van der Waals surface area (Å²) in [6, 6.07) is 0. The summed E-state index contributed by atoms with van der Waals surface area (Å²) < 4.78 is 4.94. The fraction of sp³-hybridized carbons (Fsp3) is 0.800. The van der Waals surface area contributed by atoms with Crippen LogP contribution in [0.5, 0.6) is 0 Å². The number of hydrogen-bond donors (Lipinski definition) is 4. The van der Waals surface area contributed by atoms with E-state index in [0.717, 1.165) is 44.9 Å². The van der Waals surface area contributed by atoms with Gasteiger partial charge in [-0.2, -0.15) is 0 Å². The molecule has 134 valence electrons. The normalized spacial score (nSPS) is 10.1. The van der Waals surface area contributed by atoms with Crippen molar-refractivity contribution in [2.75, 3.05) is 33.4 Å². The van der Waals surface area contributed by atoms with Gasteiger partial charge in [-0.15, -0.1) is 0 Å². The zero-order chi connectivity index (χ0) is 17.3. The van der Waals surface area contributed by atoms with E-state index < -0.39 is 6.09 Å². The van der Waals surface area contributed by atoms with Gasteiger partial charge in [0.25, 0.3) is 0 Å². The van der Waals surface area contributed by atoms with Crippen molar-refractivity contribution in [3.63, 3.8) is 0 Å². The van der Waals surface area contributed by atoms with Gasteiger partial charge in [-0.05, 0) is 12.8 Å². The molecule has 0 unspecified atom stereocenters. The number of carbonyl (C=O) groups is 3. The van der Waals surface area contributed by atoms with Crippen molar-refractivity contribution in [3.8, 4) is 0 Å². The van der Waals surface area contributed by atoms with Gasteiger partial charge in [0, 0.05) is 20.1 Å². The van der Waals surface area contributed by atoms with Crippen molar-refractivity contribution in [2.24, 2.45) is 0 Å². The molecular formula is C15H29N3O5. The lowest BCUT2D eigenvalue weighted by molar-refractivity contribution is -0.130. The molecule has 0 aliphatic rings. The van der Waals surface area contributed by atoms with Crippen molar-refractivity contribution in [3.05, 3.63) is 0 Å². The molecule has 0 rings (SSSR count). The highest BCUT2D eigenvalue weighted by atomic mass is 16.5. The summed E-state index contributed by atoms with van der Waals surface area (Å²) in [6.07, 6.45) is 6.23. The van der Waals surface area contributed by atoms with Crippen LogP contribution in [0.1, 0.15) is 44.9 Å². The van der Waals surface area contributed by atoms with Crippen LogP contribution in [0.4, 0.5) is 4.79 Å². The number of nitrogens with one attached hydrogen (secondary N) is 3. The Morgan fingerprint density at radius 2 is 1.26 bits per heavy atom. The van der Waals surface area contributed by atoms with Crippen molar-refractivity contribution < 1.29 is 24.2 Å². The fourth-order valence-corrected chi connectivity index (χ4v) is 1.92. The predicted molar refractivity (Wildman–Crippen MR) is 86.2 cm³/mol. The first-order valence-corrected chi connectivity index (χ1v) is 8.08. The molecule has 0 atom stereocenters. The number of ether oxygens (including phenoxy) is 1. The van der Waals surface area contributed by atoms with Gasteiger partial charge < -0.3 is 25.8 Å². The zero-order valence-corrected chi connectivity index (χ0v) is 13.9. The van der Waals surface area contributed by atoms with Gasteiger partial charge in [-0.3, -0.25) is 9.59 Å². The highest BCUT2D eigenvalue weighted by molar-refractivity contribution is 5.79. The second-order valence-electron chi connectivity index (χ2n) is 5.22. The number of carbonyl (C=O) groups excluding carboxylic acids is 2. The van der Waals surface area contributed by atoms with E-state index in [0.29, 0.717) is 13.1 Å². The van der Waals surface area contributed by atoms with Gasteiger partial charge in [0.2, 0.25) is 11.8 Å². The summed E-state index contributed by atoms with van der Waals surface area (Å²) in [5.74, 6) is -0.462. The summed E-state index contributed by atoms with van der Waals surface area (Å²) in [7, 11) is 1.51. The van der Waals surface area contributed by atoms with Gasteiger partial charge >= 0.3 is 6.09 Å². The molecule has 0 aliphatic heterocycles. The molecule has 3 amide bonds. The summed E-state index contributed by atoms with van der Waals surface area (Å²) in [5.41, 5.74) is 0. The van der Waals surface area contributed by atoms with Crippen LogP contribution in [0.25, 0.3) is 0 Å². The van der Waals surface area contributed by atoms with E-state index in [2.05, 4.69) is 16.0 Å².